The molecule has 0 atom stereocenters. The van der Waals surface area contributed by atoms with Crippen molar-refractivity contribution in [3.05, 3.63) is 27.7 Å². The lowest BCUT2D eigenvalue weighted by Gasteiger charge is -2.31. The molecule has 1 aliphatic rings. The molecule has 0 aliphatic heterocycles. The fraction of sp³-hybridized carbons (Fsp3) is 0.562. The van der Waals surface area contributed by atoms with Crippen LogP contribution >= 0.6 is 23.2 Å². The SMILES string of the molecule is CC(C)CN(C(=O)c1cc(N)c(Cl)c(Cl)c1)C1CCCC1. The molecule has 1 aromatic carbocycles. The van der Waals surface area contributed by atoms with Crippen LogP contribution in [0.15, 0.2) is 12.1 Å². The van der Waals surface area contributed by atoms with E-state index in [0.29, 0.717) is 33.3 Å². The highest BCUT2D eigenvalue weighted by molar-refractivity contribution is 6.43. The van der Waals surface area contributed by atoms with Gasteiger partial charge >= 0.3 is 0 Å². The minimum atomic E-state index is 0.000802. The zero-order chi connectivity index (χ0) is 15.6. The Morgan fingerprint density at radius 3 is 2.48 bits per heavy atom. The van der Waals surface area contributed by atoms with E-state index in [1.807, 2.05) is 4.90 Å². The molecular formula is C16H22Cl2N2O. The third kappa shape index (κ3) is 3.83. The Kier molecular flexibility index (Phi) is 5.39. The maximum absolute atomic E-state index is 12.9. The van der Waals surface area contributed by atoms with Gasteiger partial charge in [-0.2, -0.15) is 0 Å². The molecule has 2 N–H and O–H groups in total. The molecule has 0 radical (unpaired) electrons. The highest BCUT2D eigenvalue weighted by Gasteiger charge is 2.28. The molecule has 3 nitrogen and oxygen atoms in total. The van der Waals surface area contributed by atoms with Crippen molar-refractivity contribution in [3.63, 3.8) is 0 Å². The predicted octanol–water partition coefficient (Wildman–Crippen LogP) is 4.62. The van der Waals surface area contributed by atoms with Crippen molar-refractivity contribution in [1.82, 2.24) is 4.90 Å². The summed E-state index contributed by atoms with van der Waals surface area (Å²) in [6.45, 7) is 5.00. The summed E-state index contributed by atoms with van der Waals surface area (Å²) in [6.07, 6.45) is 4.54. The maximum Gasteiger partial charge on any atom is 0.254 e. The minimum absolute atomic E-state index is 0.000802. The molecule has 0 aromatic heterocycles. The first kappa shape index (κ1) is 16.4. The number of rotatable bonds is 4. The van der Waals surface area contributed by atoms with Gasteiger partial charge in [-0.15, -0.1) is 0 Å². The van der Waals surface area contributed by atoms with Crippen molar-refractivity contribution in [2.24, 2.45) is 5.92 Å². The molecule has 0 unspecified atom stereocenters. The first-order valence-electron chi connectivity index (χ1n) is 7.45. The number of nitrogen functional groups attached to an aromatic ring is 1. The zero-order valence-electron chi connectivity index (χ0n) is 12.5. The van der Waals surface area contributed by atoms with E-state index >= 15 is 0 Å². The number of anilines is 1. The number of halogens is 2. The molecular weight excluding hydrogens is 307 g/mol. The average Bonchev–Trinajstić information content (AvgIpc) is 2.94. The van der Waals surface area contributed by atoms with Gasteiger partial charge in [-0.05, 0) is 30.9 Å². The number of carbonyl (C=O) groups is 1. The minimum Gasteiger partial charge on any atom is -0.397 e. The molecule has 21 heavy (non-hydrogen) atoms. The Hall–Kier alpha value is -0.930. The van der Waals surface area contributed by atoms with Gasteiger partial charge in [0.25, 0.3) is 5.91 Å². The van der Waals surface area contributed by atoms with Gasteiger partial charge in [-0.25, -0.2) is 0 Å². The van der Waals surface area contributed by atoms with E-state index < -0.39 is 0 Å². The fourth-order valence-electron chi connectivity index (χ4n) is 2.91. The van der Waals surface area contributed by atoms with Crippen LogP contribution in [0, 0.1) is 5.92 Å². The van der Waals surface area contributed by atoms with Crippen molar-refractivity contribution in [1.29, 1.82) is 0 Å². The second-order valence-corrected chi connectivity index (χ2v) is 6.94. The highest BCUT2D eigenvalue weighted by Crippen LogP contribution is 2.31. The second kappa shape index (κ2) is 6.89. The Morgan fingerprint density at radius 2 is 1.95 bits per heavy atom. The molecule has 0 bridgehead atoms. The largest absolute Gasteiger partial charge is 0.397 e. The first-order valence-corrected chi connectivity index (χ1v) is 8.21. The fourth-order valence-corrected chi connectivity index (χ4v) is 3.24. The molecule has 1 aromatic rings. The Balaban J connectivity index is 2.28. The summed E-state index contributed by atoms with van der Waals surface area (Å²) in [5, 5.41) is 0.639. The van der Waals surface area contributed by atoms with Crippen molar-refractivity contribution < 1.29 is 4.79 Å². The van der Waals surface area contributed by atoms with Crippen LogP contribution in [0.3, 0.4) is 0 Å². The summed E-state index contributed by atoms with van der Waals surface area (Å²) in [4.78, 5) is 14.8. The average molecular weight is 329 g/mol. The third-order valence-electron chi connectivity index (χ3n) is 3.89. The van der Waals surface area contributed by atoms with Crippen LogP contribution in [-0.4, -0.2) is 23.4 Å². The normalized spacial score (nSPS) is 15.7. The van der Waals surface area contributed by atoms with Crippen LogP contribution in [0.2, 0.25) is 10.0 Å². The van der Waals surface area contributed by atoms with Crippen molar-refractivity contribution in [2.75, 3.05) is 12.3 Å². The van der Waals surface area contributed by atoms with Gasteiger partial charge in [0.2, 0.25) is 0 Å². The number of hydrogen-bond acceptors (Lipinski definition) is 2. The predicted molar refractivity (Wildman–Crippen MR) is 89.0 cm³/mol. The van der Waals surface area contributed by atoms with E-state index in [-0.39, 0.29) is 5.91 Å². The molecule has 116 valence electrons. The number of benzene rings is 1. The number of hydrogen-bond donors (Lipinski definition) is 1. The van der Waals surface area contributed by atoms with Gasteiger partial charge in [0, 0.05) is 18.2 Å². The van der Waals surface area contributed by atoms with Crippen molar-refractivity contribution >= 4 is 34.8 Å². The van der Waals surface area contributed by atoms with E-state index in [0.717, 1.165) is 19.4 Å². The van der Waals surface area contributed by atoms with Crippen LogP contribution in [-0.2, 0) is 0 Å². The van der Waals surface area contributed by atoms with Crippen LogP contribution in [0.5, 0.6) is 0 Å². The number of amides is 1. The van der Waals surface area contributed by atoms with Gasteiger partial charge < -0.3 is 10.6 Å². The topological polar surface area (TPSA) is 46.3 Å². The zero-order valence-corrected chi connectivity index (χ0v) is 14.0. The molecule has 0 spiro atoms. The number of nitrogens with zero attached hydrogens (tertiary/aromatic N) is 1. The molecule has 5 heteroatoms. The lowest BCUT2D eigenvalue weighted by molar-refractivity contribution is 0.0655. The van der Waals surface area contributed by atoms with Gasteiger partial charge in [-0.1, -0.05) is 49.9 Å². The third-order valence-corrected chi connectivity index (χ3v) is 4.71. The summed E-state index contributed by atoms with van der Waals surface area (Å²) in [5.74, 6) is 0.426. The summed E-state index contributed by atoms with van der Waals surface area (Å²) in [5.41, 5.74) is 6.70. The summed E-state index contributed by atoms with van der Waals surface area (Å²) in [7, 11) is 0. The summed E-state index contributed by atoms with van der Waals surface area (Å²) >= 11 is 12.0. The van der Waals surface area contributed by atoms with Crippen LogP contribution in [0.4, 0.5) is 5.69 Å². The van der Waals surface area contributed by atoms with E-state index in [2.05, 4.69) is 13.8 Å². The molecule has 1 saturated carbocycles. The van der Waals surface area contributed by atoms with Gasteiger partial charge in [0.15, 0.2) is 0 Å². The Labute approximate surface area is 136 Å². The van der Waals surface area contributed by atoms with Gasteiger partial charge in [-0.3, -0.25) is 4.79 Å². The Morgan fingerprint density at radius 1 is 1.33 bits per heavy atom. The monoisotopic (exact) mass is 328 g/mol. The number of carbonyl (C=O) groups excluding carboxylic acids is 1. The molecule has 2 rings (SSSR count). The lowest BCUT2D eigenvalue weighted by atomic mass is 10.1. The van der Waals surface area contributed by atoms with Gasteiger partial charge in [0.05, 0.1) is 15.7 Å². The highest BCUT2D eigenvalue weighted by atomic mass is 35.5. The quantitative estimate of drug-likeness (QED) is 0.820. The molecule has 1 fully saturated rings. The maximum atomic E-state index is 12.9. The lowest BCUT2D eigenvalue weighted by Crippen LogP contribution is -2.41. The second-order valence-electron chi connectivity index (χ2n) is 6.15. The summed E-state index contributed by atoms with van der Waals surface area (Å²) in [6, 6.07) is 3.57. The molecule has 1 amide bonds. The Bertz CT molecular complexity index is 502. The van der Waals surface area contributed by atoms with Crippen molar-refractivity contribution in [2.45, 2.75) is 45.6 Å². The van der Waals surface area contributed by atoms with Crippen LogP contribution < -0.4 is 5.73 Å². The van der Waals surface area contributed by atoms with E-state index in [1.54, 1.807) is 12.1 Å². The molecule has 1 aliphatic carbocycles. The smallest absolute Gasteiger partial charge is 0.254 e. The van der Waals surface area contributed by atoms with Gasteiger partial charge in [0.1, 0.15) is 0 Å². The standard InChI is InChI=1S/C16H22Cl2N2O/c1-10(2)9-20(12-5-3-4-6-12)16(21)11-7-13(17)15(18)14(19)8-11/h7-8,10,12H,3-6,9,19H2,1-2H3. The molecule has 0 saturated heterocycles. The van der Waals surface area contributed by atoms with E-state index in [4.69, 9.17) is 28.9 Å². The first-order chi connectivity index (χ1) is 9.90. The molecule has 0 heterocycles. The van der Waals surface area contributed by atoms with Crippen LogP contribution in [0.1, 0.15) is 49.9 Å². The van der Waals surface area contributed by atoms with Crippen molar-refractivity contribution in [3.8, 4) is 0 Å². The van der Waals surface area contributed by atoms with E-state index in [9.17, 15) is 4.79 Å². The summed E-state index contributed by atoms with van der Waals surface area (Å²) < 4.78 is 0. The number of nitrogens with two attached hydrogens (primary N) is 1. The van der Waals surface area contributed by atoms with Crippen LogP contribution in [0.25, 0.3) is 0 Å². The van der Waals surface area contributed by atoms with E-state index in [1.165, 1.54) is 12.8 Å².